The maximum atomic E-state index is 13.8. The third-order valence-corrected chi connectivity index (χ3v) is 3.65. The van der Waals surface area contributed by atoms with Gasteiger partial charge in [0.05, 0.1) is 17.7 Å². The number of fused-ring (bicyclic) bond motifs is 1. The van der Waals surface area contributed by atoms with Crippen LogP contribution in [-0.4, -0.2) is 20.7 Å². The number of carbonyl (C=O) groups excluding carboxylic acids is 1. The van der Waals surface area contributed by atoms with Crippen LogP contribution in [0.4, 0.5) is 4.39 Å². The highest BCUT2D eigenvalue weighted by atomic mass is 19.1. The molecule has 2 aromatic heterocycles. The van der Waals surface area contributed by atoms with Gasteiger partial charge in [0.15, 0.2) is 0 Å². The molecule has 0 radical (unpaired) electrons. The van der Waals surface area contributed by atoms with Crippen LogP contribution >= 0.6 is 0 Å². The number of aromatic amines is 1. The number of benzene rings is 1. The van der Waals surface area contributed by atoms with Crippen molar-refractivity contribution >= 4 is 16.9 Å². The number of aromatic nitrogens is 3. The van der Waals surface area contributed by atoms with E-state index in [1.165, 1.54) is 35.3 Å². The van der Waals surface area contributed by atoms with E-state index < -0.39 is 23.2 Å². The summed E-state index contributed by atoms with van der Waals surface area (Å²) >= 11 is 0. The Morgan fingerprint density at radius 2 is 2.21 bits per heavy atom. The summed E-state index contributed by atoms with van der Waals surface area (Å²) in [7, 11) is 1.65. The second-order valence-corrected chi connectivity index (χ2v) is 5.12. The molecule has 2 heterocycles. The summed E-state index contributed by atoms with van der Waals surface area (Å²) < 4.78 is 15.3. The zero-order valence-electron chi connectivity index (χ0n) is 12.6. The molecule has 3 aromatic rings. The van der Waals surface area contributed by atoms with Gasteiger partial charge < -0.3 is 10.3 Å². The van der Waals surface area contributed by atoms with Crippen LogP contribution in [-0.2, 0) is 7.05 Å². The number of hydrogen-bond acceptors (Lipinski definition) is 4. The predicted molar refractivity (Wildman–Crippen MR) is 83.6 cm³/mol. The molecule has 7 nitrogen and oxygen atoms in total. The van der Waals surface area contributed by atoms with Crippen molar-refractivity contribution in [2.45, 2.75) is 6.04 Å². The zero-order chi connectivity index (χ0) is 17.3. The van der Waals surface area contributed by atoms with E-state index in [1.54, 1.807) is 13.1 Å². The highest BCUT2D eigenvalue weighted by molar-refractivity contribution is 5.97. The molecular formula is C16H12FN5O2. The van der Waals surface area contributed by atoms with Gasteiger partial charge in [-0.1, -0.05) is 18.2 Å². The van der Waals surface area contributed by atoms with Crippen LogP contribution in [0.15, 0.2) is 41.5 Å². The second kappa shape index (κ2) is 5.96. The molecule has 0 aliphatic heterocycles. The molecule has 3 rings (SSSR count). The number of H-pyrrole nitrogens is 1. The van der Waals surface area contributed by atoms with Gasteiger partial charge in [0.2, 0.25) is 5.43 Å². The molecule has 0 saturated carbocycles. The Labute approximate surface area is 135 Å². The summed E-state index contributed by atoms with van der Waals surface area (Å²) in [5.41, 5.74) is -0.179. The quantitative estimate of drug-likeness (QED) is 0.759. The first kappa shape index (κ1) is 15.4. The van der Waals surface area contributed by atoms with Crippen molar-refractivity contribution in [3.05, 3.63) is 63.8 Å². The Morgan fingerprint density at radius 3 is 2.92 bits per heavy atom. The molecule has 0 spiro atoms. The van der Waals surface area contributed by atoms with Gasteiger partial charge in [-0.25, -0.2) is 4.39 Å². The molecule has 2 N–H and O–H groups in total. The van der Waals surface area contributed by atoms with Crippen LogP contribution in [0.5, 0.6) is 0 Å². The number of pyridine rings is 1. The first-order chi connectivity index (χ1) is 11.5. The lowest BCUT2D eigenvalue weighted by Crippen LogP contribution is -2.32. The van der Waals surface area contributed by atoms with Gasteiger partial charge in [0.25, 0.3) is 5.91 Å². The highest BCUT2D eigenvalue weighted by Gasteiger charge is 2.21. The number of rotatable bonds is 3. The Hall–Kier alpha value is -3.47. The van der Waals surface area contributed by atoms with Gasteiger partial charge in [-0.3, -0.25) is 14.3 Å². The normalized spacial score (nSPS) is 11.9. The molecule has 0 unspecified atom stereocenters. The number of amides is 1. The molecule has 24 heavy (non-hydrogen) atoms. The molecule has 0 aliphatic rings. The summed E-state index contributed by atoms with van der Waals surface area (Å²) in [6.45, 7) is 0. The number of aryl methyl sites for hydroxylation is 1. The molecule has 0 fully saturated rings. The summed E-state index contributed by atoms with van der Waals surface area (Å²) in [6.07, 6.45) is 2.60. The van der Waals surface area contributed by atoms with Gasteiger partial charge in [-0.15, -0.1) is 0 Å². The van der Waals surface area contributed by atoms with E-state index in [0.717, 1.165) is 0 Å². The molecule has 1 aromatic carbocycles. The number of nitrogens with zero attached hydrogens (tertiary/aromatic N) is 3. The van der Waals surface area contributed by atoms with Crippen LogP contribution in [0.1, 0.15) is 22.0 Å². The fourth-order valence-corrected chi connectivity index (χ4v) is 2.39. The summed E-state index contributed by atoms with van der Waals surface area (Å²) in [6, 6.07) is 6.25. The van der Waals surface area contributed by atoms with Crippen molar-refractivity contribution in [2.24, 2.45) is 7.05 Å². The van der Waals surface area contributed by atoms with E-state index in [4.69, 9.17) is 0 Å². The summed E-state index contributed by atoms with van der Waals surface area (Å²) in [5, 5.41) is 15.8. The minimum absolute atomic E-state index is 0.0345. The molecule has 1 atom stereocenters. The highest BCUT2D eigenvalue weighted by Crippen LogP contribution is 2.16. The smallest absolute Gasteiger partial charge is 0.258 e. The molecule has 0 aliphatic carbocycles. The Kier molecular flexibility index (Phi) is 3.83. The van der Waals surface area contributed by atoms with Crippen molar-refractivity contribution in [2.75, 3.05) is 0 Å². The van der Waals surface area contributed by atoms with Gasteiger partial charge in [-0.2, -0.15) is 10.4 Å². The van der Waals surface area contributed by atoms with E-state index in [0.29, 0.717) is 5.65 Å². The molecular weight excluding hydrogens is 313 g/mol. The summed E-state index contributed by atoms with van der Waals surface area (Å²) in [4.78, 5) is 27.5. The second-order valence-electron chi connectivity index (χ2n) is 5.12. The third kappa shape index (κ3) is 2.52. The first-order valence-electron chi connectivity index (χ1n) is 7.01. The first-order valence-corrected chi connectivity index (χ1v) is 7.01. The van der Waals surface area contributed by atoms with Gasteiger partial charge in [0, 0.05) is 18.8 Å². The number of nitrogens with one attached hydrogen (secondary N) is 2. The molecule has 1 amide bonds. The monoisotopic (exact) mass is 325 g/mol. The lowest BCUT2D eigenvalue weighted by Gasteiger charge is -2.12. The largest absolute Gasteiger partial charge is 0.345 e. The van der Waals surface area contributed by atoms with Crippen molar-refractivity contribution < 1.29 is 9.18 Å². The van der Waals surface area contributed by atoms with Crippen LogP contribution < -0.4 is 10.7 Å². The lowest BCUT2D eigenvalue weighted by atomic mass is 10.1. The fraction of sp³-hybridized carbons (Fsp3) is 0.125. The number of halogens is 1. The number of nitriles is 1. The van der Waals surface area contributed by atoms with Crippen molar-refractivity contribution in [1.82, 2.24) is 20.1 Å². The van der Waals surface area contributed by atoms with E-state index >= 15 is 0 Å². The van der Waals surface area contributed by atoms with Gasteiger partial charge in [0.1, 0.15) is 23.1 Å². The van der Waals surface area contributed by atoms with Crippen LogP contribution in [0, 0.1) is 17.1 Å². The number of hydrogen-bond donors (Lipinski definition) is 2. The van der Waals surface area contributed by atoms with E-state index in [1.807, 2.05) is 6.07 Å². The SMILES string of the molecule is Cn1ncc2c(=O)c(C(=O)N[C@@H](C#N)c3ccccc3F)c[nH]c21. The Bertz CT molecular complexity index is 1030. The third-order valence-electron chi connectivity index (χ3n) is 3.65. The minimum Gasteiger partial charge on any atom is -0.345 e. The van der Waals surface area contributed by atoms with Crippen molar-refractivity contribution in [3.63, 3.8) is 0 Å². The Morgan fingerprint density at radius 1 is 1.46 bits per heavy atom. The van der Waals surface area contributed by atoms with Crippen molar-refractivity contribution in [1.29, 1.82) is 5.26 Å². The summed E-state index contributed by atoms with van der Waals surface area (Å²) in [5.74, 6) is -1.38. The van der Waals surface area contributed by atoms with E-state index in [-0.39, 0.29) is 16.5 Å². The zero-order valence-corrected chi connectivity index (χ0v) is 12.6. The van der Waals surface area contributed by atoms with Crippen LogP contribution in [0.2, 0.25) is 0 Å². The Balaban J connectivity index is 1.95. The average Bonchev–Trinajstić information content (AvgIpc) is 2.96. The fourth-order valence-electron chi connectivity index (χ4n) is 2.39. The van der Waals surface area contributed by atoms with Crippen LogP contribution in [0.25, 0.3) is 11.0 Å². The van der Waals surface area contributed by atoms with E-state index in [2.05, 4.69) is 15.4 Å². The average molecular weight is 325 g/mol. The lowest BCUT2D eigenvalue weighted by molar-refractivity contribution is 0.0943. The van der Waals surface area contributed by atoms with E-state index in [9.17, 15) is 19.2 Å². The van der Waals surface area contributed by atoms with Crippen LogP contribution in [0.3, 0.4) is 0 Å². The number of carbonyl (C=O) groups is 1. The minimum atomic E-state index is -1.21. The molecule has 8 heteroatoms. The van der Waals surface area contributed by atoms with Crippen molar-refractivity contribution in [3.8, 4) is 6.07 Å². The van der Waals surface area contributed by atoms with Gasteiger partial charge in [-0.05, 0) is 6.07 Å². The maximum Gasteiger partial charge on any atom is 0.258 e. The molecule has 0 bridgehead atoms. The molecule has 120 valence electrons. The standard InChI is InChI=1S/C16H12FN5O2/c1-22-15-10(8-20-22)14(23)11(7-19-15)16(24)21-13(6-18)9-4-2-3-5-12(9)17/h2-5,7-8,13H,1H3,(H,19,23)(H,21,24)/t13-/m0/s1. The molecule has 0 saturated heterocycles. The van der Waals surface area contributed by atoms with Gasteiger partial charge >= 0.3 is 0 Å². The topological polar surface area (TPSA) is 104 Å². The predicted octanol–water partition coefficient (Wildman–Crippen LogP) is 1.40. The maximum absolute atomic E-state index is 13.8.